The van der Waals surface area contributed by atoms with Gasteiger partial charge in [0.15, 0.2) is 0 Å². The summed E-state index contributed by atoms with van der Waals surface area (Å²) in [7, 11) is 0. The minimum absolute atomic E-state index is 0.0631. The number of piperidine rings is 1. The molecule has 1 aliphatic rings. The van der Waals surface area contributed by atoms with Crippen LogP contribution in [0.2, 0.25) is 0 Å². The molecule has 2 aromatic heterocycles. The van der Waals surface area contributed by atoms with Gasteiger partial charge in [-0.15, -0.1) is 0 Å². The number of anilines is 2. The van der Waals surface area contributed by atoms with Gasteiger partial charge in [0.05, 0.1) is 4.92 Å². The lowest BCUT2D eigenvalue weighted by Gasteiger charge is -2.31. The molecule has 3 aromatic rings. The Balaban J connectivity index is 1.55. The van der Waals surface area contributed by atoms with Crippen LogP contribution in [0.4, 0.5) is 17.2 Å². The van der Waals surface area contributed by atoms with Crippen LogP contribution < -0.4 is 15.8 Å². The van der Waals surface area contributed by atoms with Crippen LogP contribution in [-0.2, 0) is 4.79 Å². The van der Waals surface area contributed by atoms with Crippen LogP contribution in [0.5, 0.6) is 0 Å². The van der Waals surface area contributed by atoms with E-state index in [9.17, 15) is 19.7 Å². The number of amides is 1. The average molecular weight is 393 g/mol. The van der Waals surface area contributed by atoms with Gasteiger partial charge in [0.1, 0.15) is 5.65 Å². The van der Waals surface area contributed by atoms with E-state index in [1.54, 1.807) is 23.1 Å². The van der Waals surface area contributed by atoms with Crippen molar-refractivity contribution in [3.63, 3.8) is 0 Å². The molecule has 1 aromatic carbocycles. The van der Waals surface area contributed by atoms with Crippen molar-refractivity contribution in [2.75, 3.05) is 23.3 Å². The number of hydrogen-bond donors (Lipinski definition) is 1. The molecule has 0 atom stereocenters. The summed E-state index contributed by atoms with van der Waals surface area (Å²) in [6.45, 7) is 0.812. The Bertz CT molecular complexity index is 1120. The first-order valence-electron chi connectivity index (χ1n) is 9.31. The van der Waals surface area contributed by atoms with Crippen molar-refractivity contribution in [2.24, 2.45) is 5.92 Å². The van der Waals surface area contributed by atoms with Crippen molar-refractivity contribution >= 4 is 28.7 Å². The van der Waals surface area contributed by atoms with Crippen molar-refractivity contribution in [1.29, 1.82) is 0 Å². The SMILES string of the molecule is O=C(Nc1ccccc1)C1CCN(c2nc3ccccn3c(=O)c2[N+](=O)[O-])CC1. The van der Waals surface area contributed by atoms with Gasteiger partial charge in [0, 0.05) is 30.9 Å². The molecule has 0 unspecified atom stereocenters. The molecule has 1 fully saturated rings. The fourth-order valence-electron chi connectivity index (χ4n) is 3.57. The Morgan fingerprint density at radius 2 is 1.79 bits per heavy atom. The van der Waals surface area contributed by atoms with E-state index in [-0.39, 0.29) is 17.6 Å². The Kier molecular flexibility index (Phi) is 4.94. The van der Waals surface area contributed by atoms with Crippen molar-refractivity contribution < 1.29 is 9.72 Å². The van der Waals surface area contributed by atoms with Crippen LogP contribution in [0, 0.1) is 16.0 Å². The smallest absolute Gasteiger partial charge is 0.351 e. The highest BCUT2D eigenvalue weighted by Crippen LogP contribution is 2.28. The van der Waals surface area contributed by atoms with Gasteiger partial charge in [-0.3, -0.25) is 24.1 Å². The molecule has 0 bridgehead atoms. The summed E-state index contributed by atoms with van der Waals surface area (Å²) in [6.07, 6.45) is 2.50. The van der Waals surface area contributed by atoms with Crippen molar-refractivity contribution in [3.05, 3.63) is 75.2 Å². The highest BCUT2D eigenvalue weighted by Gasteiger charge is 2.32. The molecular weight excluding hydrogens is 374 g/mol. The molecule has 148 valence electrons. The first-order valence-corrected chi connectivity index (χ1v) is 9.31. The zero-order chi connectivity index (χ0) is 20.4. The van der Waals surface area contributed by atoms with Gasteiger partial charge < -0.3 is 10.2 Å². The molecule has 0 saturated carbocycles. The van der Waals surface area contributed by atoms with Gasteiger partial charge in [0.25, 0.3) is 0 Å². The number of pyridine rings is 1. The van der Waals surface area contributed by atoms with Gasteiger partial charge in [0.2, 0.25) is 11.7 Å². The molecule has 29 heavy (non-hydrogen) atoms. The van der Waals surface area contributed by atoms with E-state index in [4.69, 9.17) is 0 Å². The molecule has 9 nitrogen and oxygen atoms in total. The van der Waals surface area contributed by atoms with E-state index in [0.717, 1.165) is 5.69 Å². The summed E-state index contributed by atoms with van der Waals surface area (Å²) in [6, 6.07) is 14.2. The molecule has 1 amide bonds. The average Bonchev–Trinajstić information content (AvgIpc) is 2.74. The zero-order valence-electron chi connectivity index (χ0n) is 15.5. The number of hydrogen-bond acceptors (Lipinski definition) is 6. The Hall–Kier alpha value is -3.75. The first-order chi connectivity index (χ1) is 14.0. The maximum Gasteiger partial charge on any atom is 0.376 e. The van der Waals surface area contributed by atoms with Gasteiger partial charge in [-0.1, -0.05) is 24.3 Å². The predicted molar refractivity (Wildman–Crippen MR) is 108 cm³/mol. The molecular formula is C20H19N5O4. The van der Waals surface area contributed by atoms with E-state index in [1.165, 1.54) is 10.6 Å². The lowest BCUT2D eigenvalue weighted by molar-refractivity contribution is -0.385. The zero-order valence-corrected chi connectivity index (χ0v) is 15.5. The van der Waals surface area contributed by atoms with Gasteiger partial charge in [-0.25, -0.2) is 4.98 Å². The lowest BCUT2D eigenvalue weighted by Crippen LogP contribution is -2.39. The second kappa shape index (κ2) is 7.70. The Labute approximate surface area is 165 Å². The van der Waals surface area contributed by atoms with Crippen LogP contribution in [0.1, 0.15) is 12.8 Å². The van der Waals surface area contributed by atoms with Crippen LogP contribution in [-0.4, -0.2) is 33.3 Å². The van der Waals surface area contributed by atoms with Crippen LogP contribution in [0.3, 0.4) is 0 Å². The quantitative estimate of drug-likeness (QED) is 0.539. The summed E-state index contributed by atoms with van der Waals surface area (Å²) in [5.41, 5.74) is -0.165. The van der Waals surface area contributed by atoms with Crippen LogP contribution in [0.15, 0.2) is 59.5 Å². The maximum absolute atomic E-state index is 12.6. The molecule has 0 radical (unpaired) electrons. The van der Waals surface area contributed by atoms with E-state index >= 15 is 0 Å². The minimum atomic E-state index is -0.709. The lowest BCUT2D eigenvalue weighted by atomic mass is 9.95. The third-order valence-electron chi connectivity index (χ3n) is 5.08. The largest absolute Gasteiger partial charge is 0.376 e. The van der Waals surface area contributed by atoms with Gasteiger partial charge >= 0.3 is 11.2 Å². The fraction of sp³-hybridized carbons (Fsp3) is 0.250. The van der Waals surface area contributed by atoms with Crippen LogP contribution in [0.25, 0.3) is 5.65 Å². The number of carbonyl (C=O) groups excluding carboxylic acids is 1. The fourth-order valence-corrected chi connectivity index (χ4v) is 3.57. The summed E-state index contributed by atoms with van der Waals surface area (Å²) >= 11 is 0. The molecule has 1 saturated heterocycles. The monoisotopic (exact) mass is 393 g/mol. The summed E-state index contributed by atoms with van der Waals surface area (Å²) in [5, 5.41) is 14.5. The number of nitrogens with zero attached hydrogens (tertiary/aromatic N) is 4. The number of rotatable bonds is 4. The van der Waals surface area contributed by atoms with Crippen molar-refractivity contribution in [2.45, 2.75) is 12.8 Å². The van der Waals surface area contributed by atoms with E-state index < -0.39 is 16.2 Å². The molecule has 1 N–H and O–H groups in total. The Morgan fingerprint density at radius 1 is 1.10 bits per heavy atom. The van der Waals surface area contributed by atoms with E-state index in [2.05, 4.69) is 10.3 Å². The highest BCUT2D eigenvalue weighted by molar-refractivity contribution is 5.92. The number of benzene rings is 1. The van der Waals surface area contributed by atoms with Crippen LogP contribution >= 0.6 is 0 Å². The number of carbonyl (C=O) groups is 1. The van der Waals surface area contributed by atoms with Crippen molar-refractivity contribution in [3.8, 4) is 0 Å². The number of para-hydroxylation sites is 1. The molecule has 0 aliphatic carbocycles. The number of nitro groups is 1. The molecule has 4 rings (SSSR count). The van der Waals surface area contributed by atoms with E-state index in [1.807, 2.05) is 30.3 Å². The summed E-state index contributed by atoms with van der Waals surface area (Å²) < 4.78 is 1.17. The molecule has 1 aliphatic heterocycles. The maximum atomic E-state index is 12.6. The standard InChI is InChI=1S/C20H19N5O4/c26-19(21-15-6-2-1-3-7-15)14-9-12-23(13-10-14)18-17(25(28)29)20(27)24-11-5-4-8-16(24)22-18/h1-8,11,14H,9-10,12-13H2,(H,21,26). The van der Waals surface area contributed by atoms with E-state index in [0.29, 0.717) is 31.6 Å². The molecule has 9 heteroatoms. The highest BCUT2D eigenvalue weighted by atomic mass is 16.6. The van der Waals surface area contributed by atoms with Crippen molar-refractivity contribution in [1.82, 2.24) is 9.38 Å². The Morgan fingerprint density at radius 3 is 2.48 bits per heavy atom. The topological polar surface area (TPSA) is 110 Å². The first kappa shape index (κ1) is 18.6. The number of aromatic nitrogens is 2. The second-order valence-electron chi connectivity index (χ2n) is 6.89. The predicted octanol–water partition coefficient (Wildman–Crippen LogP) is 2.46. The number of fused-ring (bicyclic) bond motifs is 1. The van der Waals surface area contributed by atoms with Gasteiger partial charge in [-0.2, -0.15) is 0 Å². The third-order valence-corrected chi connectivity index (χ3v) is 5.08. The number of nitrogens with one attached hydrogen (secondary N) is 1. The molecule has 0 spiro atoms. The second-order valence-corrected chi connectivity index (χ2v) is 6.89. The normalized spacial score (nSPS) is 14.7. The van der Waals surface area contributed by atoms with Gasteiger partial charge in [-0.05, 0) is 37.1 Å². The summed E-state index contributed by atoms with van der Waals surface area (Å²) in [5.74, 6) is -0.211. The third kappa shape index (κ3) is 3.66. The summed E-state index contributed by atoms with van der Waals surface area (Å²) in [4.78, 5) is 42.1. The molecule has 3 heterocycles. The minimum Gasteiger partial charge on any atom is -0.351 e.